The lowest BCUT2D eigenvalue weighted by molar-refractivity contribution is -0.211. The first-order chi connectivity index (χ1) is 18.3. The van der Waals surface area contributed by atoms with Gasteiger partial charge in [0.1, 0.15) is 17.7 Å². The van der Waals surface area contributed by atoms with E-state index in [1.807, 2.05) is 50.9 Å². The fraction of sp³-hybridized carbons (Fsp3) is 0.613. The largest absolute Gasteiger partial charge is 0.480 e. The second kappa shape index (κ2) is 7.18. The van der Waals surface area contributed by atoms with Gasteiger partial charge in [0.05, 0.1) is 28.5 Å². The molecule has 1 aromatic carbocycles. The molecule has 5 fully saturated rings. The van der Waals surface area contributed by atoms with E-state index in [-0.39, 0.29) is 24.3 Å². The van der Waals surface area contributed by atoms with Gasteiger partial charge in [-0.3, -0.25) is 14.5 Å². The van der Waals surface area contributed by atoms with E-state index in [0.717, 1.165) is 18.5 Å². The maximum absolute atomic E-state index is 14.3. The average molecular weight is 532 g/mol. The number of hydrogen-bond acceptors (Lipinski definition) is 6. The summed E-state index contributed by atoms with van der Waals surface area (Å²) in [5.41, 5.74) is -2.23. The summed E-state index contributed by atoms with van der Waals surface area (Å²) >= 11 is 0. The van der Waals surface area contributed by atoms with Gasteiger partial charge in [0.25, 0.3) is 0 Å². The second-order valence-electron chi connectivity index (χ2n) is 13.7. The fourth-order valence-electron chi connectivity index (χ4n) is 9.42. The molecule has 39 heavy (non-hydrogen) atoms. The molecule has 7 aliphatic rings. The first kappa shape index (κ1) is 25.0. The molecule has 1 N–H and O–H groups in total. The van der Waals surface area contributed by atoms with Crippen molar-refractivity contribution in [1.82, 2.24) is 9.80 Å². The third-order valence-electron chi connectivity index (χ3n) is 11.5. The van der Waals surface area contributed by atoms with Crippen LogP contribution in [0.15, 0.2) is 24.5 Å². The van der Waals surface area contributed by atoms with Crippen LogP contribution in [0.5, 0.6) is 11.5 Å². The van der Waals surface area contributed by atoms with Crippen molar-refractivity contribution in [1.29, 1.82) is 0 Å². The van der Waals surface area contributed by atoms with Gasteiger partial charge in [-0.1, -0.05) is 25.8 Å². The lowest BCUT2D eigenvalue weighted by Gasteiger charge is -2.66. The Morgan fingerprint density at radius 1 is 1.21 bits per heavy atom. The minimum Gasteiger partial charge on any atom is -0.480 e. The van der Waals surface area contributed by atoms with E-state index < -0.39 is 33.1 Å². The number of piperazine rings is 1. The normalized spacial score (nSPS) is 40.2. The number of nitrogens with zero attached hydrogens (tertiary/aromatic N) is 2. The molecular formula is C31H37N3O5. The number of fused-ring (bicyclic) bond motifs is 5. The molecule has 1 aromatic rings. The number of likely N-dealkylation sites (N-methyl/N-ethyl adjacent to an activating group) is 1. The Labute approximate surface area is 230 Å². The van der Waals surface area contributed by atoms with Crippen molar-refractivity contribution in [2.45, 2.75) is 81.6 Å². The third kappa shape index (κ3) is 2.60. The van der Waals surface area contributed by atoms with Gasteiger partial charge in [0.15, 0.2) is 11.5 Å². The number of terminal acetylenes is 1. The Bertz CT molecular complexity index is 1410. The zero-order chi connectivity index (χ0) is 27.8. The van der Waals surface area contributed by atoms with Crippen molar-refractivity contribution in [3.8, 4) is 23.8 Å². The number of amides is 2. The standard InChI is InChI=1S/C31H37N3O5/c1-8-14-38-28(6)11-13-34-18-29-17-30(27(4,5)21(29)16-31(28,34)25(36)33(29)7)19-9-10-20-23(22(19)32-24(30)35)37-15-12-26(2,3)39-20/h1,9-10,12,15,21H,11,13-14,16-18H2,2-7H3,(H,32,35)/t21?,28-,29?,30?,31?/m1/s1. The summed E-state index contributed by atoms with van der Waals surface area (Å²) in [5.74, 6) is 3.85. The second-order valence-corrected chi connectivity index (χ2v) is 13.7. The molecule has 6 aliphatic heterocycles. The molecular weight excluding hydrogens is 494 g/mol. The molecule has 0 radical (unpaired) electrons. The molecule has 2 bridgehead atoms. The Balaban J connectivity index is 1.38. The summed E-state index contributed by atoms with van der Waals surface area (Å²) in [6.07, 6.45) is 11.0. The van der Waals surface area contributed by atoms with E-state index in [4.69, 9.17) is 20.6 Å². The minimum atomic E-state index is -0.840. The van der Waals surface area contributed by atoms with Gasteiger partial charge in [-0.2, -0.15) is 0 Å². The molecule has 8 nitrogen and oxygen atoms in total. The van der Waals surface area contributed by atoms with Crippen LogP contribution in [0.4, 0.5) is 5.69 Å². The van der Waals surface area contributed by atoms with Crippen LogP contribution in [-0.2, 0) is 19.7 Å². The molecule has 0 aromatic heterocycles. The maximum Gasteiger partial charge on any atom is 0.246 e. The Kier molecular flexibility index (Phi) is 4.60. The molecule has 206 valence electrons. The highest BCUT2D eigenvalue weighted by Gasteiger charge is 2.82. The van der Waals surface area contributed by atoms with E-state index in [1.165, 1.54) is 0 Å². The number of piperidine rings is 2. The first-order valence-electron chi connectivity index (χ1n) is 13.9. The predicted molar refractivity (Wildman–Crippen MR) is 145 cm³/mol. The van der Waals surface area contributed by atoms with Crippen molar-refractivity contribution in [3.05, 3.63) is 30.0 Å². The zero-order valence-corrected chi connectivity index (χ0v) is 23.6. The van der Waals surface area contributed by atoms with Crippen LogP contribution < -0.4 is 14.8 Å². The lowest BCUT2D eigenvalue weighted by atomic mass is 9.55. The number of nitrogens with one attached hydrogen (secondary N) is 1. The highest BCUT2D eigenvalue weighted by molar-refractivity contribution is 6.09. The molecule has 2 amide bonds. The van der Waals surface area contributed by atoms with E-state index in [0.29, 0.717) is 36.6 Å². The summed E-state index contributed by atoms with van der Waals surface area (Å²) in [6, 6.07) is 3.95. The van der Waals surface area contributed by atoms with Crippen LogP contribution in [0.25, 0.3) is 0 Å². The minimum absolute atomic E-state index is 0.0379. The van der Waals surface area contributed by atoms with Crippen molar-refractivity contribution in [2.75, 3.05) is 32.1 Å². The van der Waals surface area contributed by atoms with Crippen LogP contribution in [0.3, 0.4) is 0 Å². The van der Waals surface area contributed by atoms with E-state index in [2.05, 4.69) is 30.0 Å². The summed E-state index contributed by atoms with van der Waals surface area (Å²) in [7, 11) is 1.93. The van der Waals surface area contributed by atoms with Gasteiger partial charge in [-0.05, 0) is 69.1 Å². The van der Waals surface area contributed by atoms with Crippen LogP contribution in [-0.4, -0.2) is 70.6 Å². The SMILES string of the molecule is C#CCO[C@]1(C)CCN2CC34CC5(C(=O)Nc6c5ccc5c6OC=CC(C)(C)O5)C(C)(C)C3CC21C(=O)N4C. The number of benzene rings is 1. The molecule has 8 heteroatoms. The summed E-state index contributed by atoms with van der Waals surface area (Å²) in [6.45, 7) is 12.1. The number of ether oxygens (including phenoxy) is 3. The van der Waals surface area contributed by atoms with Crippen LogP contribution in [0, 0.1) is 23.7 Å². The average Bonchev–Trinajstić information content (AvgIpc) is 3.35. The van der Waals surface area contributed by atoms with Crippen LogP contribution in [0.2, 0.25) is 0 Å². The highest BCUT2D eigenvalue weighted by atomic mass is 16.5. The molecule has 4 unspecified atom stereocenters. The quantitative estimate of drug-likeness (QED) is 0.589. The van der Waals surface area contributed by atoms with Gasteiger partial charge in [0.2, 0.25) is 11.8 Å². The van der Waals surface area contributed by atoms with E-state index in [9.17, 15) is 9.59 Å². The maximum atomic E-state index is 14.3. The summed E-state index contributed by atoms with van der Waals surface area (Å²) in [4.78, 5) is 33.0. The number of rotatable bonds is 2. The van der Waals surface area contributed by atoms with Gasteiger partial charge < -0.3 is 24.4 Å². The Morgan fingerprint density at radius 3 is 2.72 bits per heavy atom. The van der Waals surface area contributed by atoms with Crippen molar-refractivity contribution in [2.24, 2.45) is 11.3 Å². The summed E-state index contributed by atoms with van der Waals surface area (Å²) < 4.78 is 18.6. The van der Waals surface area contributed by atoms with Crippen LogP contribution >= 0.6 is 0 Å². The van der Waals surface area contributed by atoms with Gasteiger partial charge in [-0.25, -0.2) is 0 Å². The number of carbonyl (C=O) groups is 2. The number of anilines is 1. The monoisotopic (exact) mass is 531 g/mol. The molecule has 6 heterocycles. The Hall–Kier alpha value is -3.02. The van der Waals surface area contributed by atoms with E-state index >= 15 is 0 Å². The van der Waals surface area contributed by atoms with Crippen molar-refractivity contribution >= 4 is 17.5 Å². The third-order valence-corrected chi connectivity index (χ3v) is 11.5. The molecule has 8 rings (SSSR count). The summed E-state index contributed by atoms with van der Waals surface area (Å²) in [5, 5.41) is 3.21. The smallest absolute Gasteiger partial charge is 0.246 e. The van der Waals surface area contributed by atoms with Gasteiger partial charge in [-0.15, -0.1) is 6.42 Å². The van der Waals surface area contributed by atoms with Gasteiger partial charge in [0, 0.05) is 20.1 Å². The molecule has 1 saturated carbocycles. The predicted octanol–water partition coefficient (Wildman–Crippen LogP) is 3.45. The van der Waals surface area contributed by atoms with Crippen molar-refractivity contribution in [3.63, 3.8) is 0 Å². The van der Waals surface area contributed by atoms with Crippen molar-refractivity contribution < 1.29 is 23.8 Å². The molecule has 1 aliphatic carbocycles. The van der Waals surface area contributed by atoms with Crippen LogP contribution in [0.1, 0.15) is 59.4 Å². The highest BCUT2D eigenvalue weighted by Crippen LogP contribution is 2.73. The molecule has 5 atom stereocenters. The topological polar surface area (TPSA) is 80.3 Å². The number of carbonyl (C=O) groups excluding carboxylic acids is 2. The zero-order valence-electron chi connectivity index (χ0n) is 23.6. The van der Waals surface area contributed by atoms with Gasteiger partial charge >= 0.3 is 0 Å². The van der Waals surface area contributed by atoms with E-state index in [1.54, 1.807) is 6.26 Å². The molecule has 3 spiro atoms. The lowest BCUT2D eigenvalue weighted by Crippen LogP contribution is -2.82. The fourth-order valence-corrected chi connectivity index (χ4v) is 9.42. The Morgan fingerprint density at radius 2 is 1.97 bits per heavy atom. The number of hydrogen-bond donors (Lipinski definition) is 1. The molecule has 4 saturated heterocycles. The first-order valence-corrected chi connectivity index (χ1v) is 13.9.